The summed E-state index contributed by atoms with van der Waals surface area (Å²) in [6.07, 6.45) is 1.34. The number of primary amides is 1. The number of methoxy groups -OCH3 is 2. The van der Waals surface area contributed by atoms with Gasteiger partial charge < -0.3 is 15.2 Å². The lowest BCUT2D eigenvalue weighted by Crippen LogP contribution is -2.32. The van der Waals surface area contributed by atoms with Crippen LogP contribution < -0.4 is 20.6 Å². The van der Waals surface area contributed by atoms with Gasteiger partial charge in [-0.15, -0.1) is 0 Å². The third-order valence-electron chi connectivity index (χ3n) is 1.98. The molecule has 7 nitrogen and oxygen atoms in total. The van der Waals surface area contributed by atoms with E-state index in [1.807, 2.05) is 5.43 Å². The van der Waals surface area contributed by atoms with Gasteiger partial charge in [0.1, 0.15) is 11.5 Å². The van der Waals surface area contributed by atoms with Crippen LogP contribution in [-0.2, 0) is 9.59 Å². The van der Waals surface area contributed by atoms with Gasteiger partial charge in [0.2, 0.25) is 0 Å². The largest absolute Gasteiger partial charge is 0.497 e. The summed E-state index contributed by atoms with van der Waals surface area (Å²) in [4.78, 5) is 21.3. The standard InChI is InChI=1S/C11H13N3O4/c1-17-8-3-7(4-9(5-8)18-2)6-13-14-11(16)10(12)15/h3-6H,1-2H3,(H2,12,15)(H,14,16)/b13-6+. The summed E-state index contributed by atoms with van der Waals surface area (Å²) in [6, 6.07) is 5.06. The first-order valence-electron chi connectivity index (χ1n) is 4.92. The van der Waals surface area contributed by atoms with Gasteiger partial charge in [-0.1, -0.05) is 0 Å². The minimum absolute atomic E-state index is 0.581. The molecule has 0 radical (unpaired) electrons. The number of hydrogen-bond acceptors (Lipinski definition) is 5. The van der Waals surface area contributed by atoms with Crippen LogP contribution in [0.1, 0.15) is 5.56 Å². The lowest BCUT2D eigenvalue weighted by atomic mass is 10.2. The molecule has 1 aromatic carbocycles. The number of nitrogens with zero attached hydrogens (tertiary/aromatic N) is 1. The smallest absolute Gasteiger partial charge is 0.329 e. The molecule has 3 N–H and O–H groups in total. The van der Waals surface area contributed by atoms with E-state index in [1.165, 1.54) is 20.4 Å². The number of rotatable bonds is 4. The number of amides is 2. The molecule has 0 aliphatic rings. The van der Waals surface area contributed by atoms with Gasteiger partial charge in [0.05, 0.1) is 20.4 Å². The Morgan fingerprint density at radius 3 is 2.22 bits per heavy atom. The predicted molar refractivity (Wildman–Crippen MR) is 64.5 cm³/mol. The minimum atomic E-state index is -1.10. The Kier molecular flexibility index (Phi) is 4.67. The summed E-state index contributed by atoms with van der Waals surface area (Å²) in [6.45, 7) is 0. The lowest BCUT2D eigenvalue weighted by molar-refractivity contribution is -0.137. The van der Waals surface area contributed by atoms with Gasteiger partial charge in [-0.25, -0.2) is 5.43 Å². The van der Waals surface area contributed by atoms with E-state index in [2.05, 4.69) is 5.10 Å². The van der Waals surface area contributed by atoms with Crippen molar-refractivity contribution in [3.8, 4) is 11.5 Å². The quantitative estimate of drug-likeness (QED) is 0.433. The molecule has 0 bridgehead atoms. The van der Waals surface area contributed by atoms with Crippen LogP contribution in [0.3, 0.4) is 0 Å². The summed E-state index contributed by atoms with van der Waals surface area (Å²) < 4.78 is 10.1. The average molecular weight is 251 g/mol. The van der Waals surface area contributed by atoms with Crippen molar-refractivity contribution in [3.05, 3.63) is 23.8 Å². The molecule has 0 aliphatic heterocycles. The fourth-order valence-electron chi connectivity index (χ4n) is 1.12. The maximum atomic E-state index is 10.8. The Balaban J connectivity index is 2.80. The Hall–Kier alpha value is -2.57. The van der Waals surface area contributed by atoms with Crippen molar-refractivity contribution in [2.45, 2.75) is 0 Å². The summed E-state index contributed by atoms with van der Waals surface area (Å²) in [5.74, 6) is -0.925. The van der Waals surface area contributed by atoms with Crippen molar-refractivity contribution < 1.29 is 19.1 Å². The fourth-order valence-corrected chi connectivity index (χ4v) is 1.12. The van der Waals surface area contributed by atoms with E-state index in [9.17, 15) is 9.59 Å². The highest BCUT2D eigenvalue weighted by Gasteiger charge is 2.05. The highest BCUT2D eigenvalue weighted by molar-refractivity contribution is 6.34. The maximum Gasteiger partial charge on any atom is 0.329 e. The first-order chi connectivity index (χ1) is 8.56. The van der Waals surface area contributed by atoms with E-state index in [4.69, 9.17) is 15.2 Å². The van der Waals surface area contributed by atoms with Crippen molar-refractivity contribution in [2.24, 2.45) is 10.8 Å². The van der Waals surface area contributed by atoms with Gasteiger partial charge in [0, 0.05) is 11.6 Å². The van der Waals surface area contributed by atoms with Crippen molar-refractivity contribution >= 4 is 18.0 Å². The Labute approximate surface area is 104 Å². The van der Waals surface area contributed by atoms with Crippen LogP contribution in [0, 0.1) is 0 Å². The van der Waals surface area contributed by atoms with Gasteiger partial charge in [0.15, 0.2) is 0 Å². The molecule has 0 atom stereocenters. The minimum Gasteiger partial charge on any atom is -0.497 e. The molecule has 18 heavy (non-hydrogen) atoms. The van der Waals surface area contributed by atoms with E-state index in [0.717, 1.165) is 0 Å². The third kappa shape index (κ3) is 3.78. The Bertz CT molecular complexity index is 463. The SMILES string of the molecule is COc1cc(/C=N/NC(=O)C(N)=O)cc(OC)c1. The van der Waals surface area contributed by atoms with Crippen LogP contribution in [0.4, 0.5) is 0 Å². The van der Waals surface area contributed by atoms with E-state index < -0.39 is 11.8 Å². The molecule has 0 aromatic heterocycles. The first-order valence-corrected chi connectivity index (χ1v) is 4.92. The third-order valence-corrected chi connectivity index (χ3v) is 1.98. The number of nitrogens with two attached hydrogens (primary N) is 1. The zero-order valence-corrected chi connectivity index (χ0v) is 9.97. The predicted octanol–water partition coefficient (Wildman–Crippen LogP) is -0.361. The summed E-state index contributed by atoms with van der Waals surface area (Å²) >= 11 is 0. The average Bonchev–Trinajstić information content (AvgIpc) is 2.37. The van der Waals surface area contributed by atoms with Gasteiger partial charge in [-0.3, -0.25) is 9.59 Å². The van der Waals surface area contributed by atoms with Crippen LogP contribution in [0.2, 0.25) is 0 Å². The molecule has 2 amide bonds. The fraction of sp³-hybridized carbons (Fsp3) is 0.182. The summed E-state index contributed by atoms with van der Waals surface area (Å²) in [7, 11) is 3.04. The van der Waals surface area contributed by atoms with Crippen molar-refractivity contribution in [3.63, 3.8) is 0 Å². The second-order valence-corrected chi connectivity index (χ2v) is 3.21. The maximum absolute atomic E-state index is 10.8. The van der Waals surface area contributed by atoms with Crippen LogP contribution >= 0.6 is 0 Å². The zero-order chi connectivity index (χ0) is 13.5. The van der Waals surface area contributed by atoms with Crippen LogP contribution in [0.15, 0.2) is 23.3 Å². The van der Waals surface area contributed by atoms with E-state index in [1.54, 1.807) is 18.2 Å². The molecule has 1 rings (SSSR count). The molecule has 96 valence electrons. The number of hydrogen-bond donors (Lipinski definition) is 2. The second kappa shape index (κ2) is 6.24. The molecule has 0 saturated heterocycles. The molecule has 0 aliphatic carbocycles. The number of benzene rings is 1. The van der Waals surface area contributed by atoms with E-state index >= 15 is 0 Å². The van der Waals surface area contributed by atoms with Crippen molar-refractivity contribution in [1.82, 2.24) is 5.43 Å². The topological polar surface area (TPSA) is 103 Å². The molecular weight excluding hydrogens is 238 g/mol. The number of hydrazone groups is 1. The van der Waals surface area contributed by atoms with Crippen molar-refractivity contribution in [2.75, 3.05) is 14.2 Å². The molecule has 7 heteroatoms. The van der Waals surface area contributed by atoms with E-state index in [0.29, 0.717) is 17.1 Å². The number of carbonyl (C=O) groups is 2. The Morgan fingerprint density at radius 1 is 1.22 bits per heavy atom. The summed E-state index contributed by atoms with van der Waals surface area (Å²) in [5.41, 5.74) is 7.36. The van der Waals surface area contributed by atoms with Crippen molar-refractivity contribution in [1.29, 1.82) is 0 Å². The number of carbonyl (C=O) groups excluding carboxylic acids is 2. The lowest BCUT2D eigenvalue weighted by Gasteiger charge is -2.05. The molecule has 0 fully saturated rings. The molecule has 0 saturated carbocycles. The first kappa shape index (κ1) is 13.5. The highest BCUT2D eigenvalue weighted by Crippen LogP contribution is 2.21. The van der Waals surface area contributed by atoms with Crippen LogP contribution in [-0.4, -0.2) is 32.2 Å². The highest BCUT2D eigenvalue weighted by atomic mass is 16.5. The van der Waals surface area contributed by atoms with Crippen LogP contribution in [0.25, 0.3) is 0 Å². The molecule has 0 heterocycles. The molecule has 0 spiro atoms. The van der Waals surface area contributed by atoms with E-state index in [-0.39, 0.29) is 0 Å². The number of nitrogens with one attached hydrogen (secondary N) is 1. The van der Waals surface area contributed by atoms with Gasteiger partial charge in [0.25, 0.3) is 0 Å². The normalized spacial score (nSPS) is 10.1. The second-order valence-electron chi connectivity index (χ2n) is 3.21. The van der Waals surface area contributed by atoms with Gasteiger partial charge >= 0.3 is 11.8 Å². The summed E-state index contributed by atoms with van der Waals surface area (Å²) in [5, 5.41) is 3.58. The zero-order valence-electron chi connectivity index (χ0n) is 9.97. The molecular formula is C11H13N3O4. The van der Waals surface area contributed by atoms with Gasteiger partial charge in [-0.2, -0.15) is 5.10 Å². The molecule has 0 unspecified atom stereocenters. The van der Waals surface area contributed by atoms with Crippen LogP contribution in [0.5, 0.6) is 11.5 Å². The number of ether oxygens (including phenoxy) is 2. The monoisotopic (exact) mass is 251 g/mol. The van der Waals surface area contributed by atoms with Gasteiger partial charge in [-0.05, 0) is 12.1 Å². The molecule has 1 aromatic rings. The Morgan fingerprint density at radius 2 is 1.78 bits per heavy atom.